The van der Waals surface area contributed by atoms with Crippen LogP contribution in [0.4, 0.5) is 8.78 Å². The Morgan fingerprint density at radius 2 is 2.00 bits per heavy atom. The Morgan fingerprint density at radius 3 is 2.60 bits per heavy atom. The average molecular weight is 519 g/mol. The Hall–Kier alpha value is -2.90. The zero-order valence-corrected chi connectivity index (χ0v) is 19.7. The summed E-state index contributed by atoms with van der Waals surface area (Å²) >= 11 is 0. The van der Waals surface area contributed by atoms with Gasteiger partial charge in [-0.05, 0) is 38.1 Å². The zero-order chi connectivity index (χ0) is 26.0. The van der Waals surface area contributed by atoms with Gasteiger partial charge in [0.1, 0.15) is 29.8 Å². The highest BCUT2D eigenvalue weighted by Crippen LogP contribution is 2.47. The third-order valence-corrected chi connectivity index (χ3v) is 6.82. The molecule has 0 saturated carbocycles. The van der Waals surface area contributed by atoms with E-state index in [1.54, 1.807) is 0 Å². The first-order chi connectivity index (χ1) is 16.4. The van der Waals surface area contributed by atoms with Crippen molar-refractivity contribution in [2.24, 2.45) is 0 Å². The number of alkyl halides is 1. The van der Waals surface area contributed by atoms with Crippen LogP contribution in [0.3, 0.4) is 0 Å². The molecule has 2 aromatic rings. The van der Waals surface area contributed by atoms with Gasteiger partial charge >= 0.3 is 19.4 Å². The maximum Gasteiger partial charge on any atom is 0.459 e. The lowest BCUT2D eigenvalue weighted by atomic mass is 9.98. The first kappa shape index (κ1) is 26.7. The Kier molecular flexibility index (Phi) is 7.92. The topological polar surface area (TPSA) is 158 Å². The second-order valence-corrected chi connectivity index (χ2v) is 9.55. The highest BCUT2D eigenvalue weighted by Gasteiger charge is 2.55. The summed E-state index contributed by atoms with van der Waals surface area (Å²) in [5.74, 6) is -1.47. The van der Waals surface area contributed by atoms with E-state index in [1.807, 2.05) is 4.98 Å². The van der Waals surface area contributed by atoms with Crippen molar-refractivity contribution in [1.82, 2.24) is 14.6 Å². The molecule has 192 valence electrons. The number of benzene rings is 1. The molecule has 1 unspecified atom stereocenters. The molecule has 15 heteroatoms. The number of hydrogen-bond acceptors (Lipinski definition) is 9. The van der Waals surface area contributed by atoms with Gasteiger partial charge in [0.05, 0.1) is 13.7 Å². The molecule has 1 aliphatic heterocycles. The van der Waals surface area contributed by atoms with Gasteiger partial charge in [-0.15, -0.1) is 0 Å². The summed E-state index contributed by atoms with van der Waals surface area (Å²) in [6, 6.07) is 4.18. The maximum absolute atomic E-state index is 15.4. The van der Waals surface area contributed by atoms with Gasteiger partial charge in [-0.1, -0.05) is 0 Å². The number of aliphatic hydroxyl groups is 1. The van der Waals surface area contributed by atoms with Gasteiger partial charge in [0, 0.05) is 12.3 Å². The van der Waals surface area contributed by atoms with Crippen LogP contribution in [0.15, 0.2) is 46.1 Å². The number of aliphatic hydroxyl groups excluding tert-OH is 1. The van der Waals surface area contributed by atoms with Crippen molar-refractivity contribution >= 4 is 13.7 Å². The average Bonchev–Trinajstić information content (AvgIpc) is 3.02. The molecule has 1 aromatic carbocycles. The van der Waals surface area contributed by atoms with E-state index >= 15 is 4.39 Å². The molecule has 35 heavy (non-hydrogen) atoms. The third kappa shape index (κ3) is 6.03. The minimum Gasteiger partial charge on any atom is -0.468 e. The normalized spacial score (nSPS) is 26.6. The number of halogens is 2. The van der Waals surface area contributed by atoms with Crippen LogP contribution in [-0.4, -0.2) is 58.3 Å². The van der Waals surface area contributed by atoms with Crippen molar-refractivity contribution in [3.8, 4) is 5.75 Å². The molecule has 0 bridgehead atoms. The predicted octanol–water partition coefficient (Wildman–Crippen LogP) is 1.02. The van der Waals surface area contributed by atoms with Gasteiger partial charge < -0.3 is 19.1 Å². The standard InChI is InChI=1S/C20H24F2N3O9P/c1-11(17(28)31-3)24-35(30,34-13-6-4-12(21)5-7-13)32-10-14-16(27)20(2,22)18(33-14)25-9-8-15(26)23-19(25)29/h4-9,11,14,16,18,27H,10H2,1-3H3,(H,24,30)(H,23,26,29)/t11-,14+,16+,18+,20+,35?/m0/s1. The molecular weight excluding hydrogens is 495 g/mol. The van der Waals surface area contributed by atoms with Crippen molar-refractivity contribution in [3.63, 3.8) is 0 Å². The minimum absolute atomic E-state index is 0.0832. The van der Waals surface area contributed by atoms with Crippen molar-refractivity contribution in [3.05, 3.63) is 63.2 Å². The van der Waals surface area contributed by atoms with E-state index in [2.05, 4.69) is 9.82 Å². The molecule has 0 radical (unpaired) electrons. The lowest BCUT2D eigenvalue weighted by Crippen LogP contribution is -2.43. The van der Waals surface area contributed by atoms with Gasteiger partial charge in [-0.25, -0.2) is 18.1 Å². The number of H-pyrrole nitrogens is 1. The number of rotatable bonds is 9. The Labute approximate surface area is 197 Å². The molecule has 1 saturated heterocycles. The van der Waals surface area contributed by atoms with E-state index in [-0.39, 0.29) is 5.75 Å². The smallest absolute Gasteiger partial charge is 0.459 e. The number of nitrogens with one attached hydrogen (secondary N) is 2. The monoisotopic (exact) mass is 519 g/mol. The molecule has 6 atom stereocenters. The second kappa shape index (κ2) is 10.4. The number of nitrogens with zero attached hydrogens (tertiary/aromatic N) is 1. The number of carbonyl (C=O) groups is 1. The highest BCUT2D eigenvalue weighted by atomic mass is 31.2. The molecule has 12 nitrogen and oxygen atoms in total. The summed E-state index contributed by atoms with van der Waals surface area (Å²) in [6.45, 7) is 1.58. The largest absolute Gasteiger partial charge is 0.468 e. The molecule has 2 heterocycles. The van der Waals surface area contributed by atoms with Crippen LogP contribution < -0.4 is 20.9 Å². The van der Waals surface area contributed by atoms with Crippen LogP contribution in [0.2, 0.25) is 0 Å². The lowest BCUT2D eigenvalue weighted by molar-refractivity contribution is -0.142. The summed E-state index contributed by atoms with van der Waals surface area (Å²) in [4.78, 5) is 37.2. The summed E-state index contributed by atoms with van der Waals surface area (Å²) in [5.41, 5.74) is -4.21. The van der Waals surface area contributed by atoms with Gasteiger partial charge in [-0.3, -0.25) is 23.7 Å². The van der Waals surface area contributed by atoms with E-state index in [9.17, 15) is 28.4 Å². The molecule has 1 aliphatic rings. The Balaban J connectivity index is 1.81. The number of esters is 1. The number of hydrogen-bond donors (Lipinski definition) is 3. The Morgan fingerprint density at radius 1 is 1.34 bits per heavy atom. The van der Waals surface area contributed by atoms with Crippen molar-refractivity contribution in [2.45, 2.75) is 44.0 Å². The van der Waals surface area contributed by atoms with Crippen LogP contribution in [0.25, 0.3) is 0 Å². The van der Waals surface area contributed by atoms with Gasteiger partial charge in [0.15, 0.2) is 11.9 Å². The van der Waals surface area contributed by atoms with E-state index in [0.717, 1.165) is 55.1 Å². The lowest BCUT2D eigenvalue weighted by Gasteiger charge is -2.25. The number of ether oxygens (including phenoxy) is 2. The van der Waals surface area contributed by atoms with E-state index in [1.165, 1.54) is 6.92 Å². The molecule has 0 aliphatic carbocycles. The van der Waals surface area contributed by atoms with Crippen LogP contribution in [0.1, 0.15) is 20.1 Å². The van der Waals surface area contributed by atoms with Crippen LogP contribution in [0.5, 0.6) is 5.75 Å². The molecule has 1 aromatic heterocycles. The van der Waals surface area contributed by atoms with Crippen LogP contribution in [0, 0.1) is 5.82 Å². The quantitative estimate of drug-likeness (QED) is 0.323. The highest BCUT2D eigenvalue weighted by molar-refractivity contribution is 7.52. The van der Waals surface area contributed by atoms with Crippen molar-refractivity contribution < 1.29 is 41.8 Å². The second-order valence-electron chi connectivity index (χ2n) is 7.85. The summed E-state index contributed by atoms with van der Waals surface area (Å²) < 4.78 is 63.4. The summed E-state index contributed by atoms with van der Waals surface area (Å²) in [5, 5.41) is 12.8. The summed E-state index contributed by atoms with van der Waals surface area (Å²) in [6.07, 6.45) is -3.96. The number of aromatic amines is 1. The van der Waals surface area contributed by atoms with Crippen molar-refractivity contribution in [1.29, 1.82) is 0 Å². The first-order valence-electron chi connectivity index (χ1n) is 10.3. The van der Waals surface area contributed by atoms with Crippen molar-refractivity contribution in [2.75, 3.05) is 13.7 Å². The number of methoxy groups -OCH3 is 1. The molecule has 0 amide bonds. The number of carbonyl (C=O) groups excluding carboxylic acids is 1. The van der Waals surface area contributed by atoms with Gasteiger partial charge in [-0.2, -0.15) is 5.09 Å². The molecule has 0 spiro atoms. The van der Waals surface area contributed by atoms with E-state index in [0.29, 0.717) is 0 Å². The summed E-state index contributed by atoms with van der Waals surface area (Å²) in [7, 11) is -3.30. The fourth-order valence-electron chi connectivity index (χ4n) is 3.32. The molecule has 3 rings (SSSR count). The Bertz CT molecular complexity index is 1220. The third-order valence-electron chi connectivity index (χ3n) is 5.18. The maximum atomic E-state index is 15.4. The predicted molar refractivity (Wildman–Crippen MR) is 116 cm³/mol. The fraction of sp³-hybridized carbons (Fsp3) is 0.450. The minimum atomic E-state index is -4.41. The van der Waals surface area contributed by atoms with Crippen LogP contribution >= 0.6 is 7.75 Å². The first-order valence-corrected chi connectivity index (χ1v) is 11.8. The van der Waals surface area contributed by atoms with Crippen LogP contribution in [-0.2, 0) is 23.4 Å². The molecule has 3 N–H and O–H groups in total. The molecule has 1 fully saturated rings. The van der Waals surface area contributed by atoms with E-state index < -0.39 is 67.5 Å². The fourth-order valence-corrected chi connectivity index (χ4v) is 4.83. The van der Waals surface area contributed by atoms with Gasteiger partial charge in [0.2, 0.25) is 0 Å². The molecular formula is C20H24F2N3O9P. The van der Waals surface area contributed by atoms with Gasteiger partial charge in [0.25, 0.3) is 5.56 Å². The zero-order valence-electron chi connectivity index (χ0n) is 18.8. The number of aromatic nitrogens is 2. The van der Waals surface area contributed by atoms with E-state index in [4.69, 9.17) is 13.8 Å². The SMILES string of the molecule is COC(=O)[C@H](C)NP(=O)(OC[C@H]1O[C@@H](n2ccc(=O)[nH]c2=O)[C@](C)(F)[C@@H]1O)Oc1ccc(F)cc1.